The van der Waals surface area contributed by atoms with Crippen LogP contribution in [0.5, 0.6) is 5.75 Å². The molecular formula is C24H30N2O. The summed E-state index contributed by atoms with van der Waals surface area (Å²) < 4.78 is 8.11. The van der Waals surface area contributed by atoms with Crippen molar-refractivity contribution in [2.75, 3.05) is 27.7 Å². The number of benzene rings is 2. The number of nitrogens with zero attached hydrogens (tertiary/aromatic N) is 2. The number of aromatic nitrogens is 1. The van der Waals surface area contributed by atoms with E-state index >= 15 is 0 Å². The van der Waals surface area contributed by atoms with Gasteiger partial charge in [0.15, 0.2) is 0 Å². The normalized spacial score (nSPS) is 16.7. The second-order valence-corrected chi connectivity index (χ2v) is 7.97. The number of methoxy groups -OCH3 is 1. The van der Waals surface area contributed by atoms with Crippen LogP contribution in [-0.4, -0.2) is 37.2 Å². The summed E-state index contributed by atoms with van der Waals surface area (Å²) in [5.41, 5.74) is 5.92. The van der Waals surface area contributed by atoms with Crippen LogP contribution in [0.15, 0.2) is 48.5 Å². The molecular weight excluding hydrogens is 332 g/mol. The first-order chi connectivity index (χ1) is 13.2. The molecule has 3 heteroatoms. The van der Waals surface area contributed by atoms with Crippen molar-refractivity contribution >= 4 is 10.9 Å². The Bertz CT molecular complexity index is 911. The van der Waals surface area contributed by atoms with Crippen molar-refractivity contribution in [3.63, 3.8) is 0 Å². The number of aryl methyl sites for hydroxylation is 1. The Balaban J connectivity index is 1.73. The molecule has 0 bridgehead atoms. The first-order valence-corrected chi connectivity index (χ1v) is 10.0. The van der Waals surface area contributed by atoms with Crippen LogP contribution in [0.25, 0.3) is 10.9 Å². The fourth-order valence-corrected chi connectivity index (χ4v) is 4.57. The predicted molar refractivity (Wildman–Crippen MR) is 113 cm³/mol. The molecule has 0 saturated heterocycles. The fourth-order valence-electron chi connectivity index (χ4n) is 4.57. The van der Waals surface area contributed by atoms with Gasteiger partial charge in [-0.1, -0.05) is 30.3 Å². The zero-order valence-corrected chi connectivity index (χ0v) is 16.7. The molecule has 3 aromatic rings. The van der Waals surface area contributed by atoms with Crippen molar-refractivity contribution in [3.05, 3.63) is 65.4 Å². The highest BCUT2D eigenvalue weighted by atomic mass is 16.5. The summed E-state index contributed by atoms with van der Waals surface area (Å²) in [5, 5.41) is 1.38. The maximum Gasteiger partial charge on any atom is 0.119 e. The van der Waals surface area contributed by atoms with Crippen LogP contribution < -0.4 is 4.74 Å². The van der Waals surface area contributed by atoms with E-state index in [0.29, 0.717) is 5.92 Å². The van der Waals surface area contributed by atoms with E-state index in [1.54, 1.807) is 12.8 Å². The van der Waals surface area contributed by atoms with E-state index in [4.69, 9.17) is 4.74 Å². The molecule has 1 aliphatic carbocycles. The van der Waals surface area contributed by atoms with Gasteiger partial charge in [0.1, 0.15) is 5.75 Å². The van der Waals surface area contributed by atoms with E-state index < -0.39 is 0 Å². The van der Waals surface area contributed by atoms with Crippen LogP contribution in [0.4, 0.5) is 0 Å². The Morgan fingerprint density at radius 2 is 1.93 bits per heavy atom. The van der Waals surface area contributed by atoms with Crippen LogP contribution in [-0.2, 0) is 19.4 Å². The number of fused-ring (bicyclic) bond motifs is 3. The number of ether oxygens (including phenoxy) is 1. The summed E-state index contributed by atoms with van der Waals surface area (Å²) in [6.45, 7) is 2.21. The molecule has 0 saturated carbocycles. The van der Waals surface area contributed by atoms with Gasteiger partial charge in [0.2, 0.25) is 0 Å². The molecule has 0 amide bonds. The Kier molecular flexibility index (Phi) is 5.22. The molecule has 4 rings (SSSR count). The summed E-state index contributed by atoms with van der Waals surface area (Å²) in [5.74, 6) is 1.57. The van der Waals surface area contributed by atoms with Gasteiger partial charge in [0, 0.05) is 23.1 Å². The number of hydrogen-bond acceptors (Lipinski definition) is 2. The van der Waals surface area contributed by atoms with Gasteiger partial charge < -0.3 is 14.2 Å². The summed E-state index contributed by atoms with van der Waals surface area (Å²) in [4.78, 5) is 2.27. The number of hydrogen-bond donors (Lipinski definition) is 0. The van der Waals surface area contributed by atoms with Gasteiger partial charge in [0.25, 0.3) is 0 Å². The monoisotopic (exact) mass is 362 g/mol. The first kappa shape index (κ1) is 18.1. The second kappa shape index (κ2) is 7.77. The lowest BCUT2D eigenvalue weighted by molar-refractivity contribution is 0.385. The third-order valence-electron chi connectivity index (χ3n) is 5.93. The van der Waals surface area contributed by atoms with Crippen molar-refractivity contribution in [2.45, 2.75) is 38.1 Å². The zero-order valence-electron chi connectivity index (χ0n) is 16.7. The van der Waals surface area contributed by atoms with Crippen LogP contribution in [0.1, 0.15) is 35.6 Å². The van der Waals surface area contributed by atoms with Gasteiger partial charge >= 0.3 is 0 Å². The Morgan fingerprint density at radius 3 is 2.67 bits per heavy atom. The van der Waals surface area contributed by atoms with Gasteiger partial charge in [-0.3, -0.25) is 0 Å². The van der Waals surface area contributed by atoms with Crippen LogP contribution in [0.3, 0.4) is 0 Å². The third-order valence-corrected chi connectivity index (χ3v) is 5.93. The molecule has 0 fully saturated rings. The van der Waals surface area contributed by atoms with E-state index in [1.807, 2.05) is 0 Å². The van der Waals surface area contributed by atoms with E-state index in [2.05, 4.69) is 72.1 Å². The van der Waals surface area contributed by atoms with Crippen molar-refractivity contribution < 1.29 is 4.74 Å². The summed E-state index contributed by atoms with van der Waals surface area (Å²) in [7, 11) is 6.06. The molecule has 1 aliphatic rings. The van der Waals surface area contributed by atoms with Crippen molar-refractivity contribution in [1.29, 1.82) is 0 Å². The smallest absolute Gasteiger partial charge is 0.119 e. The minimum absolute atomic E-state index is 0.616. The molecule has 0 aliphatic heterocycles. The molecule has 1 heterocycles. The highest BCUT2D eigenvalue weighted by Gasteiger charge is 2.26. The van der Waals surface area contributed by atoms with E-state index in [9.17, 15) is 0 Å². The summed E-state index contributed by atoms with van der Waals surface area (Å²) in [6, 6.07) is 17.6. The average molecular weight is 363 g/mol. The lowest BCUT2D eigenvalue weighted by atomic mass is 9.82. The molecule has 0 spiro atoms. The minimum Gasteiger partial charge on any atom is -0.497 e. The maximum absolute atomic E-state index is 5.53. The lowest BCUT2D eigenvalue weighted by Crippen LogP contribution is -2.18. The fraction of sp³-hybridized carbons (Fsp3) is 0.417. The predicted octanol–water partition coefficient (Wildman–Crippen LogP) is 4.87. The molecule has 1 aromatic heterocycles. The molecule has 1 unspecified atom stereocenters. The number of rotatable bonds is 6. The molecule has 27 heavy (non-hydrogen) atoms. The van der Waals surface area contributed by atoms with Gasteiger partial charge in [-0.05, 0) is 81.6 Å². The van der Waals surface area contributed by atoms with Crippen molar-refractivity contribution in [3.8, 4) is 5.75 Å². The topological polar surface area (TPSA) is 17.4 Å². The Labute approximate surface area is 162 Å². The van der Waals surface area contributed by atoms with Crippen LogP contribution in [0, 0.1) is 0 Å². The van der Waals surface area contributed by atoms with Gasteiger partial charge in [-0.2, -0.15) is 0 Å². The summed E-state index contributed by atoms with van der Waals surface area (Å²) >= 11 is 0. The van der Waals surface area contributed by atoms with Gasteiger partial charge in [0.05, 0.1) is 7.11 Å². The third kappa shape index (κ3) is 3.61. The van der Waals surface area contributed by atoms with Crippen LogP contribution >= 0.6 is 0 Å². The molecule has 142 valence electrons. The van der Waals surface area contributed by atoms with E-state index in [1.165, 1.54) is 34.9 Å². The Hall–Kier alpha value is -2.26. The second-order valence-electron chi connectivity index (χ2n) is 7.97. The first-order valence-electron chi connectivity index (χ1n) is 10.0. The van der Waals surface area contributed by atoms with Crippen LogP contribution in [0.2, 0.25) is 0 Å². The Morgan fingerprint density at radius 1 is 1.11 bits per heavy atom. The van der Waals surface area contributed by atoms with E-state index in [-0.39, 0.29) is 0 Å². The maximum atomic E-state index is 5.53. The minimum atomic E-state index is 0.616. The molecule has 0 radical (unpaired) electrons. The standard InChI is InChI=1S/C24H30N2O/c1-25(2)14-7-15-26-23-12-10-19(18-8-5-4-6-9-18)16-21(23)22-17-20(27-3)11-13-24(22)26/h4-6,8-9,11,13,17,19H,7,10,12,14-16H2,1-3H3. The van der Waals surface area contributed by atoms with Crippen molar-refractivity contribution in [2.24, 2.45) is 0 Å². The summed E-state index contributed by atoms with van der Waals surface area (Å²) in [6.07, 6.45) is 4.70. The largest absolute Gasteiger partial charge is 0.497 e. The van der Waals surface area contributed by atoms with E-state index in [0.717, 1.165) is 31.7 Å². The van der Waals surface area contributed by atoms with Gasteiger partial charge in [-0.15, -0.1) is 0 Å². The SMILES string of the molecule is COc1ccc2c(c1)c1c(n2CCCN(C)C)CCC(c2ccccc2)C1. The molecule has 3 nitrogen and oxygen atoms in total. The highest BCUT2D eigenvalue weighted by Crippen LogP contribution is 2.39. The van der Waals surface area contributed by atoms with Gasteiger partial charge in [-0.25, -0.2) is 0 Å². The van der Waals surface area contributed by atoms with Crippen molar-refractivity contribution in [1.82, 2.24) is 9.47 Å². The molecule has 2 aromatic carbocycles. The average Bonchev–Trinajstić information content (AvgIpc) is 3.01. The quantitative estimate of drug-likeness (QED) is 0.622. The molecule has 0 N–H and O–H groups in total. The molecule has 1 atom stereocenters. The zero-order chi connectivity index (χ0) is 18.8. The lowest BCUT2D eigenvalue weighted by Gasteiger charge is -2.24. The highest BCUT2D eigenvalue weighted by molar-refractivity contribution is 5.87.